The van der Waals surface area contributed by atoms with Crippen molar-refractivity contribution in [3.63, 3.8) is 0 Å². The Balaban J connectivity index is 1.75. The minimum absolute atomic E-state index is 0.0225. The van der Waals surface area contributed by atoms with Crippen LogP contribution in [0.1, 0.15) is 59.3 Å². The van der Waals surface area contributed by atoms with Crippen LogP contribution in [0.3, 0.4) is 0 Å². The van der Waals surface area contributed by atoms with E-state index >= 15 is 0 Å². The molecule has 0 aromatic carbocycles. The molecule has 0 bridgehead atoms. The number of nitrogens with zero attached hydrogens (tertiary/aromatic N) is 3. The largest absolute Gasteiger partial charge is 0.466 e. The first-order valence-electron chi connectivity index (χ1n) is 7.77. The number of aromatic nitrogens is 2. The summed E-state index contributed by atoms with van der Waals surface area (Å²) in [5, 5.41) is 3.95. The Bertz CT molecular complexity index is 674. The van der Waals surface area contributed by atoms with Gasteiger partial charge in [0.05, 0.1) is 11.5 Å². The zero-order valence-electron chi connectivity index (χ0n) is 13.3. The molecule has 6 heteroatoms. The van der Waals surface area contributed by atoms with Crippen molar-refractivity contribution in [1.29, 1.82) is 0 Å². The fourth-order valence-corrected chi connectivity index (χ4v) is 2.95. The normalized spacial score (nSPS) is 18.7. The molecule has 0 radical (unpaired) electrons. The lowest BCUT2D eigenvalue weighted by atomic mass is 9.97. The van der Waals surface area contributed by atoms with Crippen LogP contribution in [0.15, 0.2) is 15.0 Å². The number of piperidine rings is 1. The van der Waals surface area contributed by atoms with Gasteiger partial charge in [-0.1, -0.05) is 12.1 Å². The minimum Gasteiger partial charge on any atom is -0.466 e. The van der Waals surface area contributed by atoms with E-state index in [1.807, 2.05) is 31.7 Å². The Morgan fingerprint density at radius 2 is 2.27 bits per heavy atom. The molecule has 3 heterocycles. The number of rotatable bonds is 3. The highest BCUT2D eigenvalue weighted by Gasteiger charge is 2.30. The van der Waals surface area contributed by atoms with Crippen molar-refractivity contribution < 1.29 is 13.7 Å². The number of amides is 1. The van der Waals surface area contributed by atoms with E-state index in [-0.39, 0.29) is 11.8 Å². The highest BCUT2D eigenvalue weighted by atomic mass is 16.5. The van der Waals surface area contributed by atoms with Crippen LogP contribution in [-0.2, 0) is 6.42 Å². The SMILES string of the molecule is CCc1noc(C2CCCN(C(=O)c3cc(C)oc3C)C2)n1. The summed E-state index contributed by atoms with van der Waals surface area (Å²) in [5.41, 5.74) is 0.651. The first-order valence-corrected chi connectivity index (χ1v) is 7.77. The zero-order valence-corrected chi connectivity index (χ0v) is 13.3. The van der Waals surface area contributed by atoms with Gasteiger partial charge in [0, 0.05) is 19.5 Å². The van der Waals surface area contributed by atoms with Crippen LogP contribution in [0.4, 0.5) is 0 Å². The summed E-state index contributed by atoms with van der Waals surface area (Å²) in [6.45, 7) is 7.05. The Morgan fingerprint density at radius 3 is 2.91 bits per heavy atom. The zero-order chi connectivity index (χ0) is 15.7. The predicted octanol–water partition coefficient (Wildman–Crippen LogP) is 2.86. The summed E-state index contributed by atoms with van der Waals surface area (Å²) < 4.78 is 10.8. The Morgan fingerprint density at radius 1 is 1.45 bits per heavy atom. The number of carbonyl (C=O) groups is 1. The minimum atomic E-state index is 0.0225. The lowest BCUT2D eigenvalue weighted by Gasteiger charge is -2.30. The molecule has 1 atom stereocenters. The Hall–Kier alpha value is -2.11. The Kier molecular flexibility index (Phi) is 4.00. The monoisotopic (exact) mass is 303 g/mol. The van der Waals surface area contributed by atoms with Crippen LogP contribution in [0, 0.1) is 13.8 Å². The first-order chi connectivity index (χ1) is 10.6. The van der Waals surface area contributed by atoms with Gasteiger partial charge >= 0.3 is 0 Å². The number of aryl methyl sites for hydroxylation is 3. The average molecular weight is 303 g/mol. The van der Waals surface area contributed by atoms with Crippen molar-refractivity contribution in [2.75, 3.05) is 13.1 Å². The van der Waals surface area contributed by atoms with E-state index in [0.29, 0.717) is 23.8 Å². The molecule has 2 aromatic rings. The Labute approximate surface area is 129 Å². The van der Waals surface area contributed by atoms with E-state index in [9.17, 15) is 4.79 Å². The van der Waals surface area contributed by atoms with Crippen LogP contribution in [0.25, 0.3) is 0 Å². The molecule has 1 aliphatic heterocycles. The predicted molar refractivity (Wildman–Crippen MR) is 79.7 cm³/mol. The molecule has 2 aromatic heterocycles. The van der Waals surface area contributed by atoms with Gasteiger partial charge in [0.25, 0.3) is 5.91 Å². The molecule has 1 unspecified atom stereocenters. The highest BCUT2D eigenvalue weighted by molar-refractivity contribution is 5.95. The van der Waals surface area contributed by atoms with Gasteiger partial charge in [-0.25, -0.2) is 0 Å². The summed E-state index contributed by atoms with van der Waals surface area (Å²) in [5.74, 6) is 2.96. The molecule has 1 saturated heterocycles. The van der Waals surface area contributed by atoms with Crippen LogP contribution in [-0.4, -0.2) is 34.0 Å². The molecule has 0 aliphatic carbocycles. The smallest absolute Gasteiger partial charge is 0.257 e. The fourth-order valence-electron chi connectivity index (χ4n) is 2.95. The van der Waals surface area contributed by atoms with E-state index in [1.165, 1.54) is 0 Å². The summed E-state index contributed by atoms with van der Waals surface area (Å²) in [7, 11) is 0. The second kappa shape index (κ2) is 5.94. The van der Waals surface area contributed by atoms with E-state index in [4.69, 9.17) is 8.94 Å². The van der Waals surface area contributed by atoms with Crippen LogP contribution in [0.5, 0.6) is 0 Å². The molecule has 22 heavy (non-hydrogen) atoms. The van der Waals surface area contributed by atoms with Gasteiger partial charge in [0.15, 0.2) is 5.82 Å². The molecular weight excluding hydrogens is 282 g/mol. The molecule has 1 amide bonds. The summed E-state index contributed by atoms with van der Waals surface area (Å²) in [6, 6.07) is 1.81. The van der Waals surface area contributed by atoms with Crippen LogP contribution in [0.2, 0.25) is 0 Å². The van der Waals surface area contributed by atoms with E-state index < -0.39 is 0 Å². The van der Waals surface area contributed by atoms with Crippen LogP contribution < -0.4 is 0 Å². The maximum absolute atomic E-state index is 12.7. The van der Waals surface area contributed by atoms with E-state index in [2.05, 4.69) is 10.1 Å². The quantitative estimate of drug-likeness (QED) is 0.871. The maximum atomic E-state index is 12.7. The molecule has 0 N–H and O–H groups in total. The van der Waals surface area contributed by atoms with Gasteiger partial charge in [-0.3, -0.25) is 4.79 Å². The molecule has 118 valence electrons. The van der Waals surface area contributed by atoms with Crippen molar-refractivity contribution in [1.82, 2.24) is 15.0 Å². The van der Waals surface area contributed by atoms with Crippen LogP contribution >= 0.6 is 0 Å². The summed E-state index contributed by atoms with van der Waals surface area (Å²) >= 11 is 0. The highest BCUT2D eigenvalue weighted by Crippen LogP contribution is 2.27. The second-order valence-corrected chi connectivity index (χ2v) is 5.82. The lowest BCUT2D eigenvalue weighted by molar-refractivity contribution is 0.0694. The van der Waals surface area contributed by atoms with Gasteiger partial charge in [-0.15, -0.1) is 0 Å². The topological polar surface area (TPSA) is 72.4 Å². The molecule has 1 aliphatic rings. The van der Waals surface area contributed by atoms with Gasteiger partial charge in [0.1, 0.15) is 11.5 Å². The number of carbonyl (C=O) groups excluding carboxylic acids is 1. The third-order valence-corrected chi connectivity index (χ3v) is 4.13. The fraction of sp³-hybridized carbons (Fsp3) is 0.562. The molecule has 1 fully saturated rings. The van der Waals surface area contributed by atoms with Crippen molar-refractivity contribution in [3.8, 4) is 0 Å². The van der Waals surface area contributed by atoms with Gasteiger partial charge < -0.3 is 13.8 Å². The lowest BCUT2D eigenvalue weighted by Crippen LogP contribution is -2.39. The number of furan rings is 1. The summed E-state index contributed by atoms with van der Waals surface area (Å²) in [6.07, 6.45) is 2.67. The van der Waals surface area contributed by atoms with Gasteiger partial charge in [-0.2, -0.15) is 4.98 Å². The molecular formula is C16H21N3O3. The van der Waals surface area contributed by atoms with Gasteiger partial charge in [0.2, 0.25) is 5.89 Å². The standard InChI is InChI=1S/C16H21N3O3/c1-4-14-17-15(22-18-14)12-6-5-7-19(9-12)16(20)13-8-10(2)21-11(13)3/h8,12H,4-7,9H2,1-3H3. The molecule has 6 nitrogen and oxygen atoms in total. The molecule has 0 saturated carbocycles. The maximum Gasteiger partial charge on any atom is 0.257 e. The van der Waals surface area contributed by atoms with Crippen molar-refractivity contribution in [2.45, 2.75) is 46.0 Å². The van der Waals surface area contributed by atoms with Gasteiger partial charge in [-0.05, 0) is 32.8 Å². The summed E-state index contributed by atoms with van der Waals surface area (Å²) in [4.78, 5) is 18.9. The van der Waals surface area contributed by atoms with Crippen molar-refractivity contribution >= 4 is 5.91 Å². The second-order valence-electron chi connectivity index (χ2n) is 5.82. The average Bonchev–Trinajstić information content (AvgIpc) is 3.13. The number of hydrogen-bond donors (Lipinski definition) is 0. The van der Waals surface area contributed by atoms with E-state index in [1.54, 1.807) is 0 Å². The van der Waals surface area contributed by atoms with E-state index in [0.717, 1.165) is 37.4 Å². The third kappa shape index (κ3) is 2.77. The van der Waals surface area contributed by atoms with Crippen molar-refractivity contribution in [2.24, 2.45) is 0 Å². The molecule has 0 spiro atoms. The van der Waals surface area contributed by atoms with Crippen molar-refractivity contribution in [3.05, 3.63) is 34.9 Å². The molecule has 3 rings (SSSR count). The first kappa shape index (κ1) is 14.8. The number of likely N-dealkylation sites (tertiary alicyclic amines) is 1. The number of hydrogen-bond acceptors (Lipinski definition) is 5. The third-order valence-electron chi connectivity index (χ3n) is 4.13.